The van der Waals surface area contributed by atoms with Crippen LogP contribution in [0.4, 0.5) is 5.69 Å². The van der Waals surface area contributed by atoms with E-state index in [4.69, 9.17) is 5.11 Å². The first-order valence-electron chi connectivity index (χ1n) is 4.37. The van der Waals surface area contributed by atoms with Crippen molar-refractivity contribution in [1.29, 1.82) is 0 Å². The fourth-order valence-electron chi connectivity index (χ4n) is 1.38. The van der Waals surface area contributed by atoms with E-state index in [1.807, 2.05) is 0 Å². The van der Waals surface area contributed by atoms with E-state index in [-0.39, 0.29) is 16.9 Å². The Labute approximate surface area is 88.1 Å². The molecule has 0 amide bonds. The molecule has 0 atom stereocenters. The summed E-state index contributed by atoms with van der Waals surface area (Å²) in [6, 6.07) is 4.88. The van der Waals surface area contributed by atoms with Crippen molar-refractivity contribution in [3.8, 4) is 0 Å². The van der Waals surface area contributed by atoms with Gasteiger partial charge in [-0.15, -0.1) is 0 Å². The molecule has 0 spiro atoms. The Bertz CT molecular complexity index is 410. The summed E-state index contributed by atoms with van der Waals surface area (Å²) in [7, 11) is 3.48. The van der Waals surface area contributed by atoms with Gasteiger partial charge in [0.05, 0.1) is 11.3 Å². The Kier molecular flexibility index (Phi) is 2.99. The standard InChI is InChI=1S/C11H13NO3/c1-7(13)8-5-4-6-9(12(2)3)10(8)11(14)15/h4-6,13H,1H2,2-3H3,(H,14,15). The molecule has 0 bridgehead atoms. The van der Waals surface area contributed by atoms with Crippen LogP contribution in [0.3, 0.4) is 0 Å². The lowest BCUT2D eigenvalue weighted by atomic mass is 10.0. The maximum absolute atomic E-state index is 11.1. The number of carboxylic acid groups (broad SMARTS) is 1. The molecule has 0 fully saturated rings. The van der Waals surface area contributed by atoms with Gasteiger partial charge in [0.25, 0.3) is 0 Å². The number of hydrogen-bond acceptors (Lipinski definition) is 3. The molecular formula is C11H13NO3. The van der Waals surface area contributed by atoms with Crippen molar-refractivity contribution in [2.45, 2.75) is 0 Å². The van der Waals surface area contributed by atoms with Gasteiger partial charge in [0.1, 0.15) is 5.76 Å². The highest BCUT2D eigenvalue weighted by molar-refractivity contribution is 5.99. The predicted octanol–water partition coefficient (Wildman–Crippen LogP) is 1.98. The normalized spacial score (nSPS) is 9.73. The number of aliphatic hydroxyl groups excluding tert-OH is 1. The molecule has 0 aliphatic carbocycles. The van der Waals surface area contributed by atoms with E-state index in [2.05, 4.69) is 6.58 Å². The monoisotopic (exact) mass is 207 g/mol. The molecule has 0 aliphatic rings. The number of benzene rings is 1. The molecule has 4 heteroatoms. The highest BCUT2D eigenvalue weighted by atomic mass is 16.4. The molecule has 0 unspecified atom stereocenters. The lowest BCUT2D eigenvalue weighted by Crippen LogP contribution is -2.15. The predicted molar refractivity (Wildman–Crippen MR) is 59.4 cm³/mol. The van der Waals surface area contributed by atoms with Crippen molar-refractivity contribution in [1.82, 2.24) is 0 Å². The molecule has 0 saturated carbocycles. The van der Waals surface area contributed by atoms with Crippen LogP contribution < -0.4 is 4.90 Å². The number of carbonyl (C=O) groups is 1. The van der Waals surface area contributed by atoms with Crippen LogP contribution >= 0.6 is 0 Å². The molecule has 0 aromatic heterocycles. The van der Waals surface area contributed by atoms with Crippen molar-refractivity contribution in [2.24, 2.45) is 0 Å². The van der Waals surface area contributed by atoms with Crippen LogP contribution in [0.5, 0.6) is 0 Å². The van der Waals surface area contributed by atoms with Gasteiger partial charge in [-0.3, -0.25) is 0 Å². The summed E-state index contributed by atoms with van der Waals surface area (Å²) in [4.78, 5) is 12.7. The second-order valence-corrected chi connectivity index (χ2v) is 3.35. The molecule has 1 aromatic rings. The average Bonchev–Trinajstić information content (AvgIpc) is 2.16. The molecule has 2 N–H and O–H groups in total. The van der Waals surface area contributed by atoms with Crippen molar-refractivity contribution in [3.63, 3.8) is 0 Å². The maximum Gasteiger partial charge on any atom is 0.338 e. The summed E-state index contributed by atoms with van der Waals surface area (Å²) in [5, 5.41) is 18.3. The number of aliphatic hydroxyl groups is 1. The van der Waals surface area contributed by atoms with Gasteiger partial charge in [0.2, 0.25) is 0 Å². The lowest BCUT2D eigenvalue weighted by molar-refractivity contribution is 0.0697. The van der Waals surface area contributed by atoms with E-state index in [9.17, 15) is 9.90 Å². The largest absolute Gasteiger partial charge is 0.508 e. The molecule has 0 radical (unpaired) electrons. The van der Waals surface area contributed by atoms with Crippen molar-refractivity contribution in [2.75, 3.05) is 19.0 Å². The molecule has 1 rings (SSSR count). The highest BCUT2D eigenvalue weighted by Gasteiger charge is 2.17. The lowest BCUT2D eigenvalue weighted by Gasteiger charge is -2.17. The van der Waals surface area contributed by atoms with E-state index in [0.29, 0.717) is 5.69 Å². The van der Waals surface area contributed by atoms with E-state index in [1.54, 1.807) is 31.1 Å². The SMILES string of the molecule is C=C(O)c1cccc(N(C)C)c1C(=O)O. The summed E-state index contributed by atoms with van der Waals surface area (Å²) in [6.07, 6.45) is 0. The summed E-state index contributed by atoms with van der Waals surface area (Å²) < 4.78 is 0. The van der Waals surface area contributed by atoms with Gasteiger partial charge in [0, 0.05) is 19.7 Å². The number of nitrogens with zero attached hydrogens (tertiary/aromatic N) is 1. The molecular weight excluding hydrogens is 194 g/mol. The van der Waals surface area contributed by atoms with Crippen molar-refractivity contribution < 1.29 is 15.0 Å². The van der Waals surface area contributed by atoms with E-state index >= 15 is 0 Å². The minimum atomic E-state index is -1.08. The van der Waals surface area contributed by atoms with Gasteiger partial charge in [-0.05, 0) is 6.07 Å². The first-order chi connectivity index (χ1) is 6.95. The van der Waals surface area contributed by atoms with Gasteiger partial charge < -0.3 is 15.1 Å². The first kappa shape index (κ1) is 11.1. The number of rotatable bonds is 3. The van der Waals surface area contributed by atoms with E-state index in [0.717, 1.165) is 0 Å². The number of hydrogen-bond donors (Lipinski definition) is 2. The number of carboxylic acids is 1. The number of anilines is 1. The molecule has 1 aromatic carbocycles. The van der Waals surface area contributed by atoms with Gasteiger partial charge in [-0.2, -0.15) is 0 Å². The smallest absolute Gasteiger partial charge is 0.338 e. The second kappa shape index (κ2) is 4.04. The van der Waals surface area contributed by atoms with Gasteiger partial charge in [-0.25, -0.2) is 4.79 Å². The maximum atomic E-state index is 11.1. The third kappa shape index (κ3) is 2.10. The quantitative estimate of drug-likeness (QED) is 0.744. The Balaban J connectivity index is 3.48. The zero-order valence-corrected chi connectivity index (χ0v) is 8.69. The number of aromatic carboxylic acids is 1. The molecule has 0 saturated heterocycles. The average molecular weight is 207 g/mol. The fourth-order valence-corrected chi connectivity index (χ4v) is 1.38. The minimum Gasteiger partial charge on any atom is -0.508 e. The molecule has 80 valence electrons. The Hall–Kier alpha value is -1.97. The molecule has 15 heavy (non-hydrogen) atoms. The summed E-state index contributed by atoms with van der Waals surface area (Å²) in [5.74, 6) is -1.32. The van der Waals surface area contributed by atoms with Crippen molar-refractivity contribution in [3.05, 3.63) is 35.9 Å². The Morgan fingerprint density at radius 1 is 1.33 bits per heavy atom. The van der Waals surface area contributed by atoms with Crippen molar-refractivity contribution >= 4 is 17.4 Å². The van der Waals surface area contributed by atoms with Crippen LogP contribution in [-0.4, -0.2) is 30.3 Å². The van der Waals surface area contributed by atoms with E-state index in [1.165, 1.54) is 6.07 Å². The van der Waals surface area contributed by atoms with Crippen LogP contribution in [-0.2, 0) is 0 Å². The van der Waals surface area contributed by atoms with Gasteiger partial charge in [-0.1, -0.05) is 18.7 Å². The van der Waals surface area contributed by atoms with Gasteiger partial charge in [0.15, 0.2) is 0 Å². The Morgan fingerprint density at radius 3 is 2.33 bits per heavy atom. The zero-order valence-electron chi connectivity index (χ0n) is 8.69. The molecule has 0 aliphatic heterocycles. The Morgan fingerprint density at radius 2 is 1.93 bits per heavy atom. The zero-order chi connectivity index (χ0) is 11.6. The van der Waals surface area contributed by atoms with Gasteiger partial charge >= 0.3 is 5.97 Å². The molecule has 0 heterocycles. The summed E-state index contributed by atoms with van der Waals surface area (Å²) >= 11 is 0. The second-order valence-electron chi connectivity index (χ2n) is 3.35. The highest BCUT2D eigenvalue weighted by Crippen LogP contribution is 2.25. The summed E-state index contributed by atoms with van der Waals surface area (Å²) in [6.45, 7) is 3.34. The van der Waals surface area contributed by atoms with E-state index < -0.39 is 5.97 Å². The third-order valence-electron chi connectivity index (χ3n) is 2.05. The summed E-state index contributed by atoms with van der Waals surface area (Å²) in [5.41, 5.74) is 0.846. The van der Waals surface area contributed by atoms with Crippen LogP contribution in [0, 0.1) is 0 Å². The molecule has 4 nitrogen and oxygen atoms in total. The third-order valence-corrected chi connectivity index (χ3v) is 2.05. The minimum absolute atomic E-state index is 0.0648. The van der Waals surface area contributed by atoms with Crippen LogP contribution in [0.15, 0.2) is 24.8 Å². The van der Waals surface area contributed by atoms with Crippen LogP contribution in [0.1, 0.15) is 15.9 Å². The first-order valence-corrected chi connectivity index (χ1v) is 4.37. The fraction of sp³-hybridized carbons (Fsp3) is 0.182. The topological polar surface area (TPSA) is 60.8 Å². The van der Waals surface area contributed by atoms with Crippen LogP contribution in [0.2, 0.25) is 0 Å². The van der Waals surface area contributed by atoms with Crippen LogP contribution in [0.25, 0.3) is 5.76 Å².